The highest BCUT2D eigenvalue weighted by atomic mass is 19.1. The molecule has 0 saturated heterocycles. The summed E-state index contributed by atoms with van der Waals surface area (Å²) in [5, 5.41) is 9.07. The molecular formula is C11H15FNO3+. The summed E-state index contributed by atoms with van der Waals surface area (Å²) in [6.07, 6.45) is 0. The van der Waals surface area contributed by atoms with E-state index in [1.165, 1.54) is 19.1 Å². The molecule has 1 N–H and O–H groups in total. The Labute approximate surface area is 93.4 Å². The molecule has 0 aromatic heterocycles. The molecule has 16 heavy (non-hydrogen) atoms. The number of carbonyl (C=O) groups excluding carboxylic acids is 1. The summed E-state index contributed by atoms with van der Waals surface area (Å²) >= 11 is 0. The van der Waals surface area contributed by atoms with Gasteiger partial charge in [-0.25, -0.2) is 9.18 Å². The molecule has 0 fully saturated rings. The van der Waals surface area contributed by atoms with Crippen molar-refractivity contribution >= 4 is 11.7 Å². The summed E-state index contributed by atoms with van der Waals surface area (Å²) in [4.78, 5) is 16.1. The molecule has 5 heteroatoms. The minimum Gasteiger partial charge on any atom is -0.505 e. The fourth-order valence-electron chi connectivity index (χ4n) is 1.37. The number of phenols is 1. The average Bonchev–Trinajstić information content (AvgIpc) is 2.21. The molecular weight excluding hydrogens is 213 g/mol. The largest absolute Gasteiger partial charge is 0.505 e. The van der Waals surface area contributed by atoms with Crippen LogP contribution < -0.4 is 4.65 Å². The summed E-state index contributed by atoms with van der Waals surface area (Å²) in [5.74, 6) is -1.60. The van der Waals surface area contributed by atoms with Gasteiger partial charge in [0.2, 0.25) is 0 Å². The number of quaternary nitrogens is 1. The van der Waals surface area contributed by atoms with Gasteiger partial charge in [0.1, 0.15) is 13.6 Å². The number of rotatable bonds is 3. The summed E-state index contributed by atoms with van der Waals surface area (Å²) in [6.45, 7) is 3.57. The van der Waals surface area contributed by atoms with E-state index in [2.05, 4.69) is 0 Å². The van der Waals surface area contributed by atoms with Crippen LogP contribution in [0.15, 0.2) is 18.2 Å². The van der Waals surface area contributed by atoms with Gasteiger partial charge in [0.05, 0.1) is 0 Å². The summed E-state index contributed by atoms with van der Waals surface area (Å²) in [6, 6.07) is 3.91. The van der Waals surface area contributed by atoms with Crippen LogP contribution in [-0.4, -0.2) is 24.7 Å². The van der Waals surface area contributed by atoms with Crippen molar-refractivity contribution in [3.63, 3.8) is 0 Å². The fourth-order valence-corrected chi connectivity index (χ4v) is 1.37. The number of phenolic OH excluding ortho intramolecular Hbond substituents is 1. The molecule has 0 heterocycles. The van der Waals surface area contributed by atoms with Crippen LogP contribution in [0.5, 0.6) is 5.75 Å². The van der Waals surface area contributed by atoms with Crippen LogP contribution in [0.3, 0.4) is 0 Å². The minimum atomic E-state index is -0.734. The van der Waals surface area contributed by atoms with Crippen molar-refractivity contribution in [1.82, 2.24) is 4.65 Å². The van der Waals surface area contributed by atoms with E-state index in [0.717, 1.165) is 6.07 Å². The second kappa shape index (κ2) is 4.49. The Bertz CT molecular complexity index is 408. The van der Waals surface area contributed by atoms with E-state index < -0.39 is 17.5 Å². The maximum absolute atomic E-state index is 13.2. The zero-order chi connectivity index (χ0) is 12.3. The van der Waals surface area contributed by atoms with Crippen LogP contribution >= 0.6 is 0 Å². The molecule has 4 nitrogen and oxygen atoms in total. The molecule has 0 aliphatic rings. The van der Waals surface area contributed by atoms with E-state index in [9.17, 15) is 9.18 Å². The summed E-state index contributed by atoms with van der Waals surface area (Å²) in [5.41, 5.74) is 0.466. The van der Waals surface area contributed by atoms with Crippen molar-refractivity contribution in [3.8, 4) is 5.75 Å². The SMILES string of the molecule is CC[N+](C)(OC(C)=O)c1ccc(O)c(F)c1. The predicted octanol–water partition coefficient (Wildman–Crippen LogP) is 1.97. The molecule has 1 aromatic rings. The van der Waals surface area contributed by atoms with Gasteiger partial charge in [-0.2, -0.15) is 0 Å². The third-order valence-corrected chi connectivity index (χ3v) is 2.41. The lowest BCUT2D eigenvalue weighted by atomic mass is 10.2. The molecule has 88 valence electrons. The molecule has 0 aliphatic heterocycles. The quantitative estimate of drug-likeness (QED) is 0.635. The van der Waals surface area contributed by atoms with Gasteiger partial charge in [0.25, 0.3) is 0 Å². The molecule has 1 rings (SSSR count). The predicted molar refractivity (Wildman–Crippen MR) is 58.1 cm³/mol. The first kappa shape index (κ1) is 12.4. The van der Waals surface area contributed by atoms with Crippen LogP contribution in [0, 0.1) is 5.82 Å². The van der Waals surface area contributed by atoms with Gasteiger partial charge < -0.3 is 5.11 Å². The van der Waals surface area contributed by atoms with Crippen LogP contribution in [-0.2, 0) is 9.63 Å². The number of hydrogen-bond acceptors (Lipinski definition) is 3. The van der Waals surface area contributed by atoms with Gasteiger partial charge in [0.15, 0.2) is 17.3 Å². The molecule has 0 spiro atoms. The third kappa shape index (κ3) is 2.49. The van der Waals surface area contributed by atoms with Crippen LogP contribution in [0.1, 0.15) is 13.8 Å². The smallest absolute Gasteiger partial charge is 0.364 e. The molecule has 0 amide bonds. The number of hydroxylamine groups is 2. The van der Waals surface area contributed by atoms with E-state index in [0.29, 0.717) is 12.2 Å². The first-order chi connectivity index (χ1) is 7.39. The molecule has 0 saturated carbocycles. The number of halogens is 1. The highest BCUT2D eigenvalue weighted by Gasteiger charge is 2.28. The normalized spacial score (nSPS) is 14.2. The van der Waals surface area contributed by atoms with E-state index in [-0.39, 0.29) is 4.65 Å². The van der Waals surface area contributed by atoms with E-state index in [1.54, 1.807) is 7.05 Å². The Kier molecular flexibility index (Phi) is 3.49. The highest BCUT2D eigenvalue weighted by Crippen LogP contribution is 2.26. The first-order valence-corrected chi connectivity index (χ1v) is 4.94. The molecule has 0 bridgehead atoms. The van der Waals surface area contributed by atoms with Crippen LogP contribution in [0.2, 0.25) is 0 Å². The van der Waals surface area contributed by atoms with Gasteiger partial charge in [-0.15, -0.1) is 4.65 Å². The number of aromatic hydroxyl groups is 1. The topological polar surface area (TPSA) is 46.5 Å². The maximum Gasteiger partial charge on any atom is 0.364 e. The lowest BCUT2D eigenvalue weighted by Crippen LogP contribution is -2.46. The Morgan fingerprint density at radius 2 is 2.19 bits per heavy atom. The van der Waals surface area contributed by atoms with E-state index in [1.807, 2.05) is 6.92 Å². The second-order valence-electron chi connectivity index (χ2n) is 3.64. The van der Waals surface area contributed by atoms with Crippen molar-refractivity contribution in [2.45, 2.75) is 13.8 Å². The van der Waals surface area contributed by atoms with E-state index in [4.69, 9.17) is 9.94 Å². The highest BCUT2D eigenvalue weighted by molar-refractivity contribution is 5.67. The molecule has 1 unspecified atom stereocenters. The Balaban J connectivity index is 3.12. The number of nitrogens with zero attached hydrogens (tertiary/aromatic N) is 1. The van der Waals surface area contributed by atoms with Crippen LogP contribution in [0.25, 0.3) is 0 Å². The van der Waals surface area contributed by atoms with Crippen molar-refractivity contribution in [1.29, 1.82) is 0 Å². The van der Waals surface area contributed by atoms with Gasteiger partial charge >= 0.3 is 5.97 Å². The van der Waals surface area contributed by atoms with Crippen LogP contribution in [0.4, 0.5) is 10.1 Å². The molecule has 0 radical (unpaired) electrons. The van der Waals surface area contributed by atoms with Gasteiger partial charge in [-0.05, 0) is 13.0 Å². The van der Waals surface area contributed by atoms with Crippen molar-refractivity contribution in [3.05, 3.63) is 24.0 Å². The first-order valence-electron chi connectivity index (χ1n) is 4.94. The Morgan fingerprint density at radius 1 is 1.56 bits per heavy atom. The molecule has 1 aromatic carbocycles. The van der Waals surface area contributed by atoms with Gasteiger partial charge in [-0.3, -0.25) is 4.84 Å². The number of carbonyl (C=O) groups is 1. The van der Waals surface area contributed by atoms with E-state index >= 15 is 0 Å². The molecule has 1 atom stereocenters. The van der Waals surface area contributed by atoms with Gasteiger partial charge in [0, 0.05) is 19.1 Å². The standard InChI is InChI=1S/C11H14FNO3/c1-4-13(3,16-8(2)14)9-5-6-11(15)10(12)7-9/h5-7H,4H2,1-3H3/p+1. The Hall–Kier alpha value is -1.62. The summed E-state index contributed by atoms with van der Waals surface area (Å²) in [7, 11) is 1.65. The minimum absolute atomic E-state index is 0.160. The molecule has 0 aliphatic carbocycles. The fraction of sp³-hybridized carbons (Fsp3) is 0.364. The van der Waals surface area contributed by atoms with Crippen molar-refractivity contribution in [2.24, 2.45) is 0 Å². The Morgan fingerprint density at radius 3 is 2.62 bits per heavy atom. The van der Waals surface area contributed by atoms with Crippen molar-refractivity contribution < 1.29 is 19.1 Å². The lowest BCUT2D eigenvalue weighted by Gasteiger charge is -2.28. The zero-order valence-corrected chi connectivity index (χ0v) is 9.53. The maximum atomic E-state index is 13.2. The summed E-state index contributed by atoms with van der Waals surface area (Å²) < 4.78 is 13.0. The number of benzene rings is 1. The number of hydrogen-bond donors (Lipinski definition) is 1. The van der Waals surface area contributed by atoms with Crippen molar-refractivity contribution in [2.75, 3.05) is 13.6 Å². The lowest BCUT2D eigenvalue weighted by molar-refractivity contribution is -0.176. The second-order valence-corrected chi connectivity index (χ2v) is 3.64. The van der Waals surface area contributed by atoms with Gasteiger partial charge in [-0.1, -0.05) is 0 Å². The average molecular weight is 228 g/mol. The third-order valence-electron chi connectivity index (χ3n) is 2.41. The monoisotopic (exact) mass is 228 g/mol. The zero-order valence-electron chi connectivity index (χ0n) is 9.53.